The first kappa shape index (κ1) is 10.4. The molecule has 0 radical (unpaired) electrons. The summed E-state index contributed by atoms with van der Waals surface area (Å²) in [6, 6.07) is 7.98. The summed E-state index contributed by atoms with van der Waals surface area (Å²) in [6.45, 7) is 0.883. The molecule has 0 saturated heterocycles. The van der Waals surface area contributed by atoms with Crippen LogP contribution in [0.3, 0.4) is 0 Å². The summed E-state index contributed by atoms with van der Waals surface area (Å²) >= 11 is 0. The number of rotatable bonds is 1. The second-order valence-corrected chi connectivity index (χ2v) is 4.53. The fraction of sp³-hybridized carbons (Fsp3) is 0.357. The number of hydrogen-bond donors (Lipinski definition) is 2. The average Bonchev–Trinajstić information content (AvgIpc) is 2.53. The second-order valence-electron chi connectivity index (χ2n) is 4.53. The number of aromatic nitrogens is 1. The lowest BCUT2D eigenvalue weighted by molar-refractivity contribution is 0.457. The van der Waals surface area contributed by atoms with Crippen molar-refractivity contribution >= 4 is 16.6 Å². The van der Waals surface area contributed by atoms with Gasteiger partial charge in [0.25, 0.3) is 0 Å². The molecule has 0 fully saturated rings. The Labute approximate surface area is 100 Å². The van der Waals surface area contributed by atoms with Gasteiger partial charge >= 0.3 is 0 Å². The Morgan fingerprint density at radius 1 is 1.12 bits per heavy atom. The van der Waals surface area contributed by atoms with Gasteiger partial charge in [-0.25, -0.2) is 0 Å². The highest BCUT2D eigenvalue weighted by Gasteiger charge is 2.16. The van der Waals surface area contributed by atoms with E-state index in [4.69, 9.17) is 0 Å². The lowest BCUT2D eigenvalue weighted by atomic mass is 10.0. The van der Waals surface area contributed by atoms with Crippen molar-refractivity contribution in [3.63, 3.8) is 0 Å². The molecule has 3 nitrogen and oxygen atoms in total. The second kappa shape index (κ2) is 4.24. The van der Waals surface area contributed by atoms with Crippen LogP contribution in [-0.2, 0) is 0 Å². The Hall–Kier alpha value is -1.77. The summed E-state index contributed by atoms with van der Waals surface area (Å²) in [4.78, 5) is 7.63. The fourth-order valence-corrected chi connectivity index (χ4v) is 2.50. The Morgan fingerprint density at radius 2 is 2.00 bits per heavy atom. The molecule has 2 aromatic rings. The van der Waals surface area contributed by atoms with Gasteiger partial charge in [-0.15, -0.1) is 0 Å². The summed E-state index contributed by atoms with van der Waals surface area (Å²) in [7, 11) is 0. The Morgan fingerprint density at radius 3 is 2.94 bits per heavy atom. The van der Waals surface area contributed by atoms with Gasteiger partial charge in [0.05, 0.1) is 5.56 Å². The van der Waals surface area contributed by atoms with Crippen molar-refractivity contribution in [1.82, 2.24) is 4.98 Å². The zero-order valence-corrected chi connectivity index (χ0v) is 9.74. The van der Waals surface area contributed by atoms with Gasteiger partial charge in [0.15, 0.2) is 5.88 Å². The number of H-pyrrole nitrogens is 1. The van der Waals surface area contributed by atoms with Gasteiger partial charge in [0.2, 0.25) is 0 Å². The summed E-state index contributed by atoms with van der Waals surface area (Å²) < 4.78 is 0. The fourth-order valence-electron chi connectivity index (χ4n) is 2.50. The molecule has 0 bridgehead atoms. The SMILES string of the molecule is Oc1[nH]c2ccccc2c1C1=NCCCCC1. The number of aromatic amines is 1. The first-order chi connectivity index (χ1) is 8.36. The van der Waals surface area contributed by atoms with Crippen molar-refractivity contribution in [2.24, 2.45) is 4.99 Å². The average molecular weight is 228 g/mol. The molecule has 1 aliphatic heterocycles. The summed E-state index contributed by atoms with van der Waals surface area (Å²) in [5.74, 6) is 0.256. The molecule has 0 amide bonds. The number of benzene rings is 1. The molecule has 2 N–H and O–H groups in total. The van der Waals surface area contributed by atoms with Crippen molar-refractivity contribution in [2.45, 2.75) is 25.7 Å². The molecule has 88 valence electrons. The zero-order chi connectivity index (χ0) is 11.7. The van der Waals surface area contributed by atoms with E-state index in [-0.39, 0.29) is 5.88 Å². The van der Waals surface area contributed by atoms with Gasteiger partial charge in [0.1, 0.15) is 0 Å². The number of nitrogens with zero attached hydrogens (tertiary/aromatic N) is 1. The van der Waals surface area contributed by atoms with E-state index in [0.29, 0.717) is 0 Å². The van der Waals surface area contributed by atoms with Crippen LogP contribution in [0.15, 0.2) is 29.3 Å². The highest BCUT2D eigenvalue weighted by molar-refractivity contribution is 6.13. The monoisotopic (exact) mass is 228 g/mol. The minimum atomic E-state index is 0.256. The normalized spacial score (nSPS) is 16.8. The van der Waals surface area contributed by atoms with Crippen molar-refractivity contribution in [3.05, 3.63) is 29.8 Å². The maximum atomic E-state index is 10.0. The van der Waals surface area contributed by atoms with Gasteiger partial charge < -0.3 is 10.1 Å². The molecule has 0 aliphatic carbocycles. The van der Waals surface area contributed by atoms with Crippen LogP contribution < -0.4 is 0 Å². The number of hydrogen-bond acceptors (Lipinski definition) is 2. The molecule has 0 unspecified atom stereocenters. The minimum Gasteiger partial charge on any atom is -0.494 e. The third kappa shape index (κ3) is 1.82. The largest absolute Gasteiger partial charge is 0.494 e. The highest BCUT2D eigenvalue weighted by atomic mass is 16.3. The topological polar surface area (TPSA) is 48.4 Å². The Kier molecular flexibility index (Phi) is 2.59. The molecule has 0 spiro atoms. The molecular formula is C14H16N2O. The van der Waals surface area contributed by atoms with Gasteiger partial charge in [-0.1, -0.05) is 24.6 Å². The zero-order valence-electron chi connectivity index (χ0n) is 9.74. The lowest BCUT2D eigenvalue weighted by Gasteiger charge is -2.03. The number of para-hydroxylation sites is 1. The van der Waals surface area contributed by atoms with E-state index >= 15 is 0 Å². The first-order valence-electron chi connectivity index (χ1n) is 6.19. The van der Waals surface area contributed by atoms with E-state index in [2.05, 4.69) is 9.98 Å². The minimum absolute atomic E-state index is 0.256. The van der Waals surface area contributed by atoms with E-state index in [1.54, 1.807) is 0 Å². The van der Waals surface area contributed by atoms with E-state index in [1.807, 2.05) is 24.3 Å². The van der Waals surface area contributed by atoms with E-state index in [0.717, 1.165) is 48.0 Å². The smallest absolute Gasteiger partial charge is 0.198 e. The molecule has 3 rings (SSSR count). The van der Waals surface area contributed by atoms with E-state index in [1.165, 1.54) is 6.42 Å². The lowest BCUT2D eigenvalue weighted by Crippen LogP contribution is -1.99. The maximum Gasteiger partial charge on any atom is 0.198 e. The Balaban J connectivity index is 2.15. The number of fused-ring (bicyclic) bond motifs is 1. The van der Waals surface area contributed by atoms with E-state index < -0.39 is 0 Å². The molecule has 2 heterocycles. The van der Waals surface area contributed by atoms with Crippen LogP contribution in [0, 0.1) is 0 Å². The molecule has 1 aromatic heterocycles. The van der Waals surface area contributed by atoms with Crippen LogP contribution in [-0.4, -0.2) is 22.3 Å². The quantitative estimate of drug-likeness (QED) is 0.773. The van der Waals surface area contributed by atoms with Crippen molar-refractivity contribution in [3.8, 4) is 5.88 Å². The van der Waals surface area contributed by atoms with Crippen molar-refractivity contribution < 1.29 is 5.11 Å². The summed E-state index contributed by atoms with van der Waals surface area (Å²) in [5.41, 5.74) is 2.94. The van der Waals surface area contributed by atoms with Gasteiger partial charge in [-0.05, 0) is 25.3 Å². The molecule has 0 saturated carbocycles. The molecule has 3 heteroatoms. The third-order valence-electron chi connectivity index (χ3n) is 3.35. The number of aromatic hydroxyl groups is 1. The van der Waals surface area contributed by atoms with Crippen molar-refractivity contribution in [2.75, 3.05) is 6.54 Å². The van der Waals surface area contributed by atoms with Crippen LogP contribution >= 0.6 is 0 Å². The first-order valence-corrected chi connectivity index (χ1v) is 6.19. The Bertz CT molecular complexity index is 569. The van der Waals surface area contributed by atoms with Crippen LogP contribution in [0.25, 0.3) is 10.9 Å². The van der Waals surface area contributed by atoms with Crippen LogP contribution in [0.5, 0.6) is 5.88 Å². The third-order valence-corrected chi connectivity index (χ3v) is 3.35. The summed E-state index contributed by atoms with van der Waals surface area (Å²) in [5, 5.41) is 11.1. The number of aliphatic imine (C=N–C) groups is 1. The van der Waals surface area contributed by atoms with E-state index in [9.17, 15) is 5.11 Å². The van der Waals surface area contributed by atoms with Crippen LogP contribution in [0.1, 0.15) is 31.2 Å². The van der Waals surface area contributed by atoms with Crippen LogP contribution in [0.4, 0.5) is 0 Å². The number of nitrogens with one attached hydrogen (secondary N) is 1. The van der Waals surface area contributed by atoms with Crippen molar-refractivity contribution in [1.29, 1.82) is 0 Å². The predicted molar refractivity (Wildman–Crippen MR) is 69.8 cm³/mol. The maximum absolute atomic E-state index is 10.0. The van der Waals surface area contributed by atoms with Gasteiger partial charge in [-0.2, -0.15) is 0 Å². The summed E-state index contributed by atoms with van der Waals surface area (Å²) in [6.07, 6.45) is 4.52. The highest BCUT2D eigenvalue weighted by Crippen LogP contribution is 2.29. The predicted octanol–water partition coefficient (Wildman–Crippen LogP) is 3.24. The molecule has 1 aromatic carbocycles. The molecule has 17 heavy (non-hydrogen) atoms. The molecule has 1 aliphatic rings. The van der Waals surface area contributed by atoms with Crippen LogP contribution in [0.2, 0.25) is 0 Å². The molecule has 0 atom stereocenters. The molecular weight excluding hydrogens is 212 g/mol. The van der Waals surface area contributed by atoms with Gasteiger partial charge in [0, 0.05) is 23.2 Å². The van der Waals surface area contributed by atoms with Gasteiger partial charge in [-0.3, -0.25) is 4.99 Å². The standard InChI is InChI=1S/C14H16N2O/c17-14-13(12-8-2-1-5-9-15-12)10-6-3-4-7-11(10)16-14/h3-4,6-7,16-17H,1-2,5,8-9H2.